The van der Waals surface area contributed by atoms with Gasteiger partial charge in [0, 0.05) is 23.7 Å². The van der Waals surface area contributed by atoms with Crippen LogP contribution >= 0.6 is 11.6 Å². The molecular formula is C14H22ClNO. The van der Waals surface area contributed by atoms with Crippen LogP contribution in [0.1, 0.15) is 32.8 Å². The monoisotopic (exact) mass is 255 g/mol. The van der Waals surface area contributed by atoms with Crippen molar-refractivity contribution in [3.8, 4) is 5.75 Å². The van der Waals surface area contributed by atoms with Crippen LogP contribution in [0.15, 0.2) is 18.2 Å². The molecular weight excluding hydrogens is 234 g/mol. The molecule has 0 aliphatic carbocycles. The maximum absolute atomic E-state index is 9.82. The van der Waals surface area contributed by atoms with Crippen molar-refractivity contribution in [2.24, 2.45) is 5.92 Å². The van der Waals surface area contributed by atoms with Gasteiger partial charge in [-0.05, 0) is 24.6 Å². The molecule has 0 fully saturated rings. The van der Waals surface area contributed by atoms with Crippen molar-refractivity contribution >= 4 is 11.6 Å². The Morgan fingerprint density at radius 3 is 2.59 bits per heavy atom. The lowest BCUT2D eigenvalue weighted by Crippen LogP contribution is -2.28. The van der Waals surface area contributed by atoms with E-state index in [1.165, 1.54) is 6.42 Å². The smallest absolute Gasteiger partial charge is 0.121 e. The number of phenols is 1. The average molecular weight is 256 g/mol. The Morgan fingerprint density at radius 1 is 1.35 bits per heavy atom. The first kappa shape index (κ1) is 14.3. The highest BCUT2D eigenvalue weighted by Crippen LogP contribution is 2.26. The maximum atomic E-state index is 9.82. The molecule has 0 aliphatic rings. The van der Waals surface area contributed by atoms with Gasteiger partial charge >= 0.3 is 0 Å². The number of rotatable bonds is 6. The molecule has 3 heteroatoms. The van der Waals surface area contributed by atoms with Crippen LogP contribution in [-0.2, 0) is 6.54 Å². The summed E-state index contributed by atoms with van der Waals surface area (Å²) in [6.07, 6.45) is 1.17. The van der Waals surface area contributed by atoms with Gasteiger partial charge in [-0.1, -0.05) is 44.9 Å². The molecule has 1 aromatic rings. The predicted molar refractivity (Wildman–Crippen MR) is 73.5 cm³/mol. The Balaban J connectivity index is 2.73. The zero-order valence-electron chi connectivity index (χ0n) is 10.9. The molecule has 1 N–H and O–H groups in total. The van der Waals surface area contributed by atoms with Crippen LogP contribution in [0.5, 0.6) is 5.75 Å². The van der Waals surface area contributed by atoms with Gasteiger partial charge in [-0.2, -0.15) is 0 Å². The van der Waals surface area contributed by atoms with Crippen LogP contribution in [0.25, 0.3) is 0 Å². The summed E-state index contributed by atoms with van der Waals surface area (Å²) in [5.41, 5.74) is 0.833. The Bertz CT molecular complexity index is 334. The molecule has 0 heterocycles. The van der Waals surface area contributed by atoms with Crippen LogP contribution in [0.3, 0.4) is 0 Å². The van der Waals surface area contributed by atoms with Crippen molar-refractivity contribution in [1.82, 2.24) is 4.90 Å². The molecule has 1 atom stereocenters. The molecule has 0 saturated heterocycles. The van der Waals surface area contributed by atoms with E-state index in [4.69, 9.17) is 11.6 Å². The normalized spacial score (nSPS) is 13.0. The molecule has 1 aromatic carbocycles. The molecule has 0 aromatic heterocycles. The summed E-state index contributed by atoms with van der Waals surface area (Å²) in [5.74, 6) is 0.958. The van der Waals surface area contributed by atoms with Gasteiger partial charge in [0.2, 0.25) is 0 Å². The largest absolute Gasteiger partial charge is 0.508 e. The number of hydrogen-bond donors (Lipinski definition) is 1. The molecule has 0 bridgehead atoms. The Labute approximate surface area is 109 Å². The number of halogens is 1. The summed E-state index contributed by atoms with van der Waals surface area (Å²) in [4.78, 5) is 2.31. The molecule has 0 spiro atoms. The van der Waals surface area contributed by atoms with Crippen LogP contribution < -0.4 is 0 Å². The first-order valence-corrected chi connectivity index (χ1v) is 6.64. The summed E-state index contributed by atoms with van der Waals surface area (Å²) in [6, 6.07) is 5.29. The van der Waals surface area contributed by atoms with Crippen molar-refractivity contribution in [3.05, 3.63) is 28.8 Å². The van der Waals surface area contributed by atoms with E-state index in [9.17, 15) is 5.11 Å². The molecule has 0 aliphatic heterocycles. The molecule has 0 saturated carbocycles. The fourth-order valence-electron chi connectivity index (χ4n) is 1.80. The lowest BCUT2D eigenvalue weighted by Gasteiger charge is -2.24. The number of phenolic OH excluding ortho intramolecular Hbond substituents is 1. The van der Waals surface area contributed by atoms with Crippen LogP contribution in [-0.4, -0.2) is 23.1 Å². The van der Waals surface area contributed by atoms with E-state index in [1.54, 1.807) is 12.1 Å². The molecule has 0 radical (unpaired) electrons. The third-order valence-electron chi connectivity index (χ3n) is 3.19. The first-order valence-electron chi connectivity index (χ1n) is 6.27. The summed E-state index contributed by atoms with van der Waals surface area (Å²) in [5, 5.41) is 10.5. The lowest BCUT2D eigenvalue weighted by atomic mass is 10.1. The van der Waals surface area contributed by atoms with Gasteiger partial charge in [-0.15, -0.1) is 0 Å². The third kappa shape index (κ3) is 4.21. The van der Waals surface area contributed by atoms with Gasteiger partial charge in [-0.25, -0.2) is 0 Å². The zero-order valence-corrected chi connectivity index (χ0v) is 11.7. The Hall–Kier alpha value is -0.730. The predicted octanol–water partition coefficient (Wildman–Crippen LogP) is 3.91. The third-order valence-corrected chi connectivity index (χ3v) is 3.54. The second-order valence-electron chi connectivity index (χ2n) is 4.58. The highest BCUT2D eigenvalue weighted by Gasteiger charge is 2.12. The summed E-state index contributed by atoms with van der Waals surface area (Å²) < 4.78 is 0. The summed E-state index contributed by atoms with van der Waals surface area (Å²) in [6.45, 7) is 9.30. The topological polar surface area (TPSA) is 23.5 Å². The van der Waals surface area contributed by atoms with Gasteiger partial charge in [-0.3, -0.25) is 4.90 Å². The maximum Gasteiger partial charge on any atom is 0.121 e. The van der Waals surface area contributed by atoms with E-state index in [2.05, 4.69) is 25.7 Å². The highest BCUT2D eigenvalue weighted by molar-refractivity contribution is 6.31. The summed E-state index contributed by atoms with van der Waals surface area (Å²) >= 11 is 6.11. The van der Waals surface area contributed by atoms with Crippen LogP contribution in [0.4, 0.5) is 0 Å². The minimum Gasteiger partial charge on any atom is -0.508 e. The Kier molecular flexibility index (Phi) is 5.79. The number of benzene rings is 1. The van der Waals surface area contributed by atoms with Crippen molar-refractivity contribution in [3.63, 3.8) is 0 Å². The van der Waals surface area contributed by atoms with E-state index in [1.807, 2.05) is 6.07 Å². The second-order valence-corrected chi connectivity index (χ2v) is 4.99. The highest BCUT2D eigenvalue weighted by atomic mass is 35.5. The molecule has 0 amide bonds. The van der Waals surface area contributed by atoms with Gasteiger partial charge in [0.15, 0.2) is 0 Å². The molecule has 2 nitrogen and oxygen atoms in total. The van der Waals surface area contributed by atoms with Crippen molar-refractivity contribution in [1.29, 1.82) is 0 Å². The average Bonchev–Trinajstić information content (AvgIpc) is 2.32. The van der Waals surface area contributed by atoms with E-state index in [-0.39, 0.29) is 0 Å². The Morgan fingerprint density at radius 2 is 2.06 bits per heavy atom. The minimum absolute atomic E-state index is 0.292. The lowest BCUT2D eigenvalue weighted by molar-refractivity contribution is 0.235. The fourth-order valence-corrected chi connectivity index (χ4v) is 2.03. The van der Waals surface area contributed by atoms with Crippen molar-refractivity contribution < 1.29 is 5.11 Å². The minimum atomic E-state index is 0.292. The van der Waals surface area contributed by atoms with Crippen LogP contribution in [0.2, 0.25) is 5.02 Å². The van der Waals surface area contributed by atoms with Gasteiger partial charge in [0.25, 0.3) is 0 Å². The van der Waals surface area contributed by atoms with E-state index < -0.39 is 0 Å². The fraction of sp³-hybridized carbons (Fsp3) is 0.571. The number of aromatic hydroxyl groups is 1. The zero-order chi connectivity index (χ0) is 12.8. The van der Waals surface area contributed by atoms with Crippen LogP contribution in [0, 0.1) is 5.92 Å². The molecule has 1 rings (SSSR count). The standard InChI is InChI=1S/C14H22ClNO/c1-4-11(3)9-16(5-2)10-12-13(15)7-6-8-14(12)17/h6-8,11,17H,4-5,9-10H2,1-3H3. The van der Waals surface area contributed by atoms with Gasteiger partial charge in [0.05, 0.1) is 0 Å². The van der Waals surface area contributed by atoms with E-state index in [0.717, 1.165) is 18.7 Å². The van der Waals surface area contributed by atoms with Crippen molar-refractivity contribution in [2.45, 2.75) is 33.7 Å². The second kappa shape index (κ2) is 6.87. The van der Waals surface area contributed by atoms with Crippen molar-refractivity contribution in [2.75, 3.05) is 13.1 Å². The van der Waals surface area contributed by atoms with Gasteiger partial charge in [0.1, 0.15) is 5.75 Å². The summed E-state index contributed by atoms with van der Waals surface area (Å²) in [7, 11) is 0. The number of hydrogen-bond acceptors (Lipinski definition) is 2. The SMILES string of the molecule is CCC(C)CN(CC)Cc1c(O)cccc1Cl. The molecule has 17 heavy (non-hydrogen) atoms. The van der Waals surface area contributed by atoms with E-state index >= 15 is 0 Å². The molecule has 1 unspecified atom stereocenters. The quantitative estimate of drug-likeness (QED) is 0.833. The number of nitrogens with zero attached hydrogens (tertiary/aromatic N) is 1. The first-order chi connectivity index (χ1) is 8.08. The van der Waals surface area contributed by atoms with E-state index in [0.29, 0.717) is 23.2 Å². The molecule has 96 valence electrons. The van der Waals surface area contributed by atoms with Gasteiger partial charge < -0.3 is 5.11 Å².